The molecule has 1 atom stereocenters. The number of nitrogens with zero attached hydrogens (tertiary/aromatic N) is 6. The van der Waals surface area contributed by atoms with Crippen LogP contribution in [0.25, 0.3) is 0 Å². The van der Waals surface area contributed by atoms with E-state index in [1.165, 1.54) is 12.8 Å². The number of carbonyl (C=O) groups excluding carboxylic acids is 2. The van der Waals surface area contributed by atoms with Gasteiger partial charge in [-0.15, -0.1) is 5.10 Å². The Kier molecular flexibility index (Phi) is 5.01. The Morgan fingerprint density at radius 2 is 2.00 bits per heavy atom. The molecule has 0 spiro atoms. The number of hydrogen-bond acceptors (Lipinski definition) is 6. The molecular formula is C20H27N7O3. The summed E-state index contributed by atoms with van der Waals surface area (Å²) in [6.45, 7) is 2.83. The number of aryl methyl sites for hydroxylation is 1. The fourth-order valence-electron chi connectivity index (χ4n) is 4.20. The summed E-state index contributed by atoms with van der Waals surface area (Å²) in [6, 6.07) is 1.37. The van der Waals surface area contributed by atoms with E-state index in [4.69, 9.17) is 4.74 Å². The van der Waals surface area contributed by atoms with Crippen LogP contribution in [0.2, 0.25) is 0 Å². The fraction of sp³-hybridized carbons (Fsp3) is 0.650. The van der Waals surface area contributed by atoms with Crippen molar-refractivity contribution in [1.29, 1.82) is 0 Å². The second kappa shape index (κ2) is 7.82. The summed E-state index contributed by atoms with van der Waals surface area (Å²) in [7, 11) is 1.73. The van der Waals surface area contributed by atoms with E-state index in [0.717, 1.165) is 44.1 Å². The Morgan fingerprint density at radius 1 is 1.20 bits per heavy atom. The van der Waals surface area contributed by atoms with Crippen molar-refractivity contribution in [3.8, 4) is 0 Å². The third-order valence-corrected chi connectivity index (χ3v) is 6.21. The maximum absolute atomic E-state index is 12.9. The van der Waals surface area contributed by atoms with Crippen LogP contribution in [0.15, 0.2) is 12.4 Å². The number of aromatic nitrogens is 5. The lowest BCUT2D eigenvalue weighted by atomic mass is 10.0. The molecular weight excluding hydrogens is 386 g/mol. The van der Waals surface area contributed by atoms with Crippen molar-refractivity contribution < 1.29 is 14.3 Å². The smallest absolute Gasteiger partial charge is 0.291 e. The van der Waals surface area contributed by atoms with E-state index in [9.17, 15) is 9.59 Å². The van der Waals surface area contributed by atoms with Crippen LogP contribution < -0.4 is 10.2 Å². The highest BCUT2D eigenvalue weighted by Gasteiger charge is 2.34. The van der Waals surface area contributed by atoms with Crippen molar-refractivity contribution in [2.75, 3.05) is 25.2 Å². The lowest BCUT2D eigenvalue weighted by molar-refractivity contribution is -0.120. The minimum Gasteiger partial charge on any atom is -0.381 e. The third-order valence-electron chi connectivity index (χ3n) is 6.21. The largest absolute Gasteiger partial charge is 0.381 e. The van der Waals surface area contributed by atoms with Crippen LogP contribution in [0.5, 0.6) is 0 Å². The molecule has 2 aromatic heterocycles. The van der Waals surface area contributed by atoms with E-state index in [2.05, 4.69) is 20.5 Å². The zero-order valence-electron chi connectivity index (χ0n) is 17.2. The van der Waals surface area contributed by atoms with Gasteiger partial charge in [0.15, 0.2) is 0 Å². The molecule has 30 heavy (non-hydrogen) atoms. The zero-order chi connectivity index (χ0) is 20.7. The molecule has 1 N–H and O–H groups in total. The van der Waals surface area contributed by atoms with Crippen molar-refractivity contribution in [1.82, 2.24) is 29.9 Å². The lowest BCUT2D eigenvalue weighted by Gasteiger charge is -2.21. The molecule has 4 heterocycles. The molecule has 3 aliphatic rings. The normalized spacial score (nSPS) is 22.6. The number of nitrogens with one attached hydrogen (secondary N) is 1. The number of hydrogen-bond donors (Lipinski definition) is 1. The topological polar surface area (TPSA) is 107 Å². The maximum Gasteiger partial charge on any atom is 0.291 e. The lowest BCUT2D eigenvalue weighted by Crippen LogP contribution is -2.47. The Labute approximate surface area is 174 Å². The van der Waals surface area contributed by atoms with Crippen molar-refractivity contribution >= 4 is 17.6 Å². The molecule has 10 nitrogen and oxygen atoms in total. The number of amides is 2. The van der Waals surface area contributed by atoms with Gasteiger partial charge >= 0.3 is 0 Å². The summed E-state index contributed by atoms with van der Waals surface area (Å²) in [4.78, 5) is 31.4. The first-order valence-corrected chi connectivity index (χ1v) is 10.7. The van der Waals surface area contributed by atoms with E-state index in [0.29, 0.717) is 24.8 Å². The van der Waals surface area contributed by atoms with E-state index < -0.39 is 11.9 Å². The van der Waals surface area contributed by atoms with E-state index >= 15 is 0 Å². The first-order valence-electron chi connectivity index (χ1n) is 10.7. The van der Waals surface area contributed by atoms with Crippen LogP contribution in [0.1, 0.15) is 54.3 Å². The molecule has 10 heteroatoms. The summed E-state index contributed by atoms with van der Waals surface area (Å²) >= 11 is 0. The zero-order valence-corrected chi connectivity index (χ0v) is 17.2. The fourth-order valence-corrected chi connectivity index (χ4v) is 4.20. The second-order valence-electron chi connectivity index (χ2n) is 8.48. The standard InChI is InChI=1S/C20H27N7O3/c1-25-17-10-16(14-2-3-14)23-27(17)7-4-15(20(25)29)22-19(28)18-21-12-26(24-18)11-13-5-8-30-9-6-13/h10,12-15H,2-9,11H2,1H3,(H,22,28). The molecule has 0 aromatic carbocycles. The molecule has 2 aromatic rings. The Morgan fingerprint density at radius 3 is 2.77 bits per heavy atom. The van der Waals surface area contributed by atoms with Crippen LogP contribution in [0, 0.1) is 5.92 Å². The Bertz CT molecular complexity index is 942. The average Bonchev–Trinajstić information content (AvgIpc) is 3.37. The molecule has 0 radical (unpaired) electrons. The van der Waals surface area contributed by atoms with Gasteiger partial charge in [-0.3, -0.25) is 19.2 Å². The van der Waals surface area contributed by atoms with Crippen LogP contribution in [-0.4, -0.2) is 62.7 Å². The van der Waals surface area contributed by atoms with Gasteiger partial charge in [0.2, 0.25) is 5.82 Å². The van der Waals surface area contributed by atoms with Crippen LogP contribution in [0.3, 0.4) is 0 Å². The summed E-state index contributed by atoms with van der Waals surface area (Å²) in [5.74, 6) is 1.33. The Balaban J connectivity index is 1.22. The summed E-state index contributed by atoms with van der Waals surface area (Å²) in [6.07, 6.45) is 6.38. The predicted octanol–water partition coefficient (Wildman–Crippen LogP) is 0.944. The van der Waals surface area contributed by atoms with Gasteiger partial charge in [-0.25, -0.2) is 9.67 Å². The van der Waals surface area contributed by atoms with E-state index in [1.54, 1.807) is 23.0 Å². The number of fused-ring (bicyclic) bond motifs is 1. The summed E-state index contributed by atoms with van der Waals surface area (Å²) in [5.41, 5.74) is 1.06. The van der Waals surface area contributed by atoms with Gasteiger partial charge in [-0.05, 0) is 38.0 Å². The van der Waals surface area contributed by atoms with Gasteiger partial charge < -0.3 is 10.1 Å². The maximum atomic E-state index is 12.9. The van der Waals surface area contributed by atoms with Crippen LogP contribution >= 0.6 is 0 Å². The summed E-state index contributed by atoms with van der Waals surface area (Å²) in [5, 5.41) is 11.8. The van der Waals surface area contributed by atoms with Gasteiger partial charge in [0.05, 0.1) is 5.69 Å². The average molecular weight is 413 g/mol. The first kappa shape index (κ1) is 19.2. The van der Waals surface area contributed by atoms with Crippen molar-refractivity contribution in [3.63, 3.8) is 0 Å². The van der Waals surface area contributed by atoms with Gasteiger partial charge in [-0.1, -0.05) is 0 Å². The van der Waals surface area contributed by atoms with Crippen molar-refractivity contribution in [3.05, 3.63) is 23.9 Å². The number of ether oxygens (including phenoxy) is 1. The number of carbonyl (C=O) groups is 2. The number of rotatable bonds is 5. The number of likely N-dealkylation sites (N-methyl/N-ethyl adjacent to an activating group) is 1. The molecule has 1 saturated heterocycles. The van der Waals surface area contributed by atoms with Crippen LogP contribution in [0.4, 0.5) is 5.82 Å². The summed E-state index contributed by atoms with van der Waals surface area (Å²) < 4.78 is 8.96. The second-order valence-corrected chi connectivity index (χ2v) is 8.48. The minimum absolute atomic E-state index is 0.0931. The molecule has 1 unspecified atom stereocenters. The molecule has 2 aliphatic heterocycles. The monoisotopic (exact) mass is 413 g/mol. The Hall–Kier alpha value is -2.75. The first-order chi connectivity index (χ1) is 14.6. The highest BCUT2D eigenvalue weighted by molar-refractivity contribution is 6.00. The molecule has 1 aliphatic carbocycles. The van der Waals surface area contributed by atoms with Gasteiger partial charge in [0.25, 0.3) is 11.8 Å². The number of anilines is 1. The van der Waals surface area contributed by atoms with Gasteiger partial charge in [0, 0.05) is 45.3 Å². The van der Waals surface area contributed by atoms with Crippen LogP contribution in [-0.2, 0) is 22.6 Å². The van der Waals surface area contributed by atoms with Gasteiger partial charge in [-0.2, -0.15) is 5.10 Å². The van der Waals surface area contributed by atoms with Crippen molar-refractivity contribution in [2.45, 2.75) is 57.2 Å². The molecule has 5 rings (SSSR count). The van der Waals surface area contributed by atoms with E-state index in [1.807, 2.05) is 10.7 Å². The molecule has 1 saturated carbocycles. The highest BCUT2D eigenvalue weighted by atomic mass is 16.5. The predicted molar refractivity (Wildman–Crippen MR) is 107 cm³/mol. The molecule has 2 fully saturated rings. The molecule has 160 valence electrons. The van der Waals surface area contributed by atoms with Gasteiger partial charge in [0.1, 0.15) is 18.2 Å². The third kappa shape index (κ3) is 3.83. The van der Waals surface area contributed by atoms with E-state index in [-0.39, 0.29) is 11.7 Å². The minimum atomic E-state index is -0.629. The molecule has 0 bridgehead atoms. The SMILES string of the molecule is CN1C(=O)C(NC(=O)c2ncn(CC3CCOCC3)n2)CCn2nc(C3CC3)cc21. The van der Waals surface area contributed by atoms with Crippen molar-refractivity contribution in [2.24, 2.45) is 5.92 Å². The highest BCUT2D eigenvalue weighted by Crippen LogP contribution is 2.40. The molecule has 2 amide bonds. The quantitative estimate of drug-likeness (QED) is 0.782.